The zero-order valence-corrected chi connectivity index (χ0v) is 17.7. The Hall–Kier alpha value is -3.85. The molecule has 1 amide bonds. The van der Waals surface area contributed by atoms with Crippen LogP contribution in [0.1, 0.15) is 10.4 Å². The highest BCUT2D eigenvalue weighted by molar-refractivity contribution is 6.05. The van der Waals surface area contributed by atoms with Crippen molar-refractivity contribution in [2.24, 2.45) is 7.05 Å². The van der Waals surface area contributed by atoms with Crippen molar-refractivity contribution in [2.75, 3.05) is 37.8 Å². The van der Waals surface area contributed by atoms with Crippen molar-refractivity contribution >= 4 is 28.3 Å². The smallest absolute Gasteiger partial charge is 0.257 e. The number of nitrogens with one attached hydrogen (secondary N) is 2. The zero-order chi connectivity index (χ0) is 21.8. The van der Waals surface area contributed by atoms with Crippen LogP contribution in [0.15, 0.2) is 55.0 Å². The molecule has 0 saturated carbocycles. The lowest BCUT2D eigenvalue weighted by Gasteiger charge is -2.11. The number of pyridine rings is 2. The molecule has 3 aromatic heterocycles. The van der Waals surface area contributed by atoms with E-state index in [4.69, 9.17) is 0 Å². The second-order valence-electron chi connectivity index (χ2n) is 7.52. The number of amides is 1. The SMILES string of the molecule is CN(C)CCNc1cc(C(=O)Nc2cc3cc(-c4cn(C)nn4)ccc3cn2)ccn1. The zero-order valence-electron chi connectivity index (χ0n) is 17.7. The summed E-state index contributed by atoms with van der Waals surface area (Å²) in [6, 6.07) is 11.2. The average molecular weight is 416 g/mol. The molecule has 4 aromatic rings. The summed E-state index contributed by atoms with van der Waals surface area (Å²) >= 11 is 0. The molecule has 0 aliphatic heterocycles. The van der Waals surface area contributed by atoms with Gasteiger partial charge in [0, 0.05) is 49.0 Å². The second kappa shape index (κ2) is 8.88. The fraction of sp³-hybridized carbons (Fsp3) is 0.227. The van der Waals surface area contributed by atoms with Crippen molar-refractivity contribution in [2.45, 2.75) is 0 Å². The van der Waals surface area contributed by atoms with Gasteiger partial charge in [0.2, 0.25) is 0 Å². The molecule has 4 rings (SSSR count). The highest BCUT2D eigenvalue weighted by atomic mass is 16.1. The van der Waals surface area contributed by atoms with Gasteiger partial charge in [-0.2, -0.15) is 0 Å². The summed E-state index contributed by atoms with van der Waals surface area (Å²) in [5, 5.41) is 16.2. The number of benzene rings is 1. The lowest BCUT2D eigenvalue weighted by molar-refractivity contribution is 0.102. The number of nitrogens with zero attached hydrogens (tertiary/aromatic N) is 6. The monoisotopic (exact) mass is 416 g/mol. The van der Waals surface area contributed by atoms with Gasteiger partial charge in [-0.15, -0.1) is 5.10 Å². The van der Waals surface area contributed by atoms with E-state index in [1.165, 1.54) is 0 Å². The minimum absolute atomic E-state index is 0.241. The minimum Gasteiger partial charge on any atom is -0.369 e. The number of aromatic nitrogens is 5. The van der Waals surface area contributed by atoms with Crippen molar-refractivity contribution in [3.05, 3.63) is 60.6 Å². The standard InChI is InChI=1S/C22H24N8O/c1-29(2)9-8-24-20-11-16(6-7-23-20)22(31)26-21-12-18-10-15(4-5-17(18)13-25-21)19-14-30(3)28-27-19/h4-7,10-14H,8-9H2,1-3H3,(H,23,24)(H,25,26,31). The average Bonchev–Trinajstić information content (AvgIpc) is 3.19. The molecule has 0 spiro atoms. The normalized spacial score (nSPS) is 11.1. The highest BCUT2D eigenvalue weighted by Gasteiger charge is 2.10. The molecule has 3 heterocycles. The molecule has 158 valence electrons. The van der Waals surface area contributed by atoms with E-state index in [2.05, 4.69) is 35.8 Å². The van der Waals surface area contributed by atoms with Gasteiger partial charge in [-0.1, -0.05) is 17.3 Å². The van der Waals surface area contributed by atoms with E-state index in [9.17, 15) is 4.79 Å². The molecule has 9 nitrogen and oxygen atoms in total. The van der Waals surface area contributed by atoms with Crippen molar-refractivity contribution in [3.8, 4) is 11.3 Å². The van der Waals surface area contributed by atoms with Crippen molar-refractivity contribution in [1.29, 1.82) is 0 Å². The maximum absolute atomic E-state index is 12.7. The van der Waals surface area contributed by atoms with Gasteiger partial charge < -0.3 is 15.5 Å². The van der Waals surface area contributed by atoms with Gasteiger partial charge >= 0.3 is 0 Å². The van der Waals surface area contributed by atoms with E-state index in [1.807, 2.05) is 51.6 Å². The number of rotatable bonds is 7. The van der Waals surface area contributed by atoms with Crippen LogP contribution >= 0.6 is 0 Å². The quantitative estimate of drug-likeness (QED) is 0.478. The number of likely N-dealkylation sites (N-methyl/N-ethyl adjacent to an activating group) is 1. The molecule has 0 atom stereocenters. The molecule has 0 unspecified atom stereocenters. The van der Waals surface area contributed by atoms with E-state index in [1.54, 1.807) is 29.2 Å². The molecule has 31 heavy (non-hydrogen) atoms. The number of carbonyl (C=O) groups excluding carboxylic acids is 1. The third kappa shape index (κ3) is 5.01. The molecule has 0 radical (unpaired) electrons. The first-order valence-corrected chi connectivity index (χ1v) is 9.90. The Balaban J connectivity index is 1.50. The van der Waals surface area contributed by atoms with Crippen LogP contribution < -0.4 is 10.6 Å². The Morgan fingerprint density at radius 1 is 1.06 bits per heavy atom. The molecule has 0 aliphatic carbocycles. The van der Waals surface area contributed by atoms with Gasteiger partial charge in [0.1, 0.15) is 17.3 Å². The van der Waals surface area contributed by atoms with Crippen LogP contribution in [0, 0.1) is 0 Å². The summed E-state index contributed by atoms with van der Waals surface area (Å²) in [6.07, 6.45) is 5.22. The fourth-order valence-electron chi connectivity index (χ4n) is 3.11. The summed E-state index contributed by atoms with van der Waals surface area (Å²) in [6.45, 7) is 1.61. The number of carbonyl (C=O) groups is 1. The number of hydrogen-bond acceptors (Lipinski definition) is 7. The van der Waals surface area contributed by atoms with E-state index >= 15 is 0 Å². The number of anilines is 2. The lowest BCUT2D eigenvalue weighted by Crippen LogP contribution is -2.21. The predicted molar refractivity (Wildman–Crippen MR) is 121 cm³/mol. The van der Waals surface area contributed by atoms with Gasteiger partial charge in [-0.05, 0) is 43.7 Å². The van der Waals surface area contributed by atoms with Crippen molar-refractivity contribution < 1.29 is 4.79 Å². The van der Waals surface area contributed by atoms with Crippen LogP contribution in [0.2, 0.25) is 0 Å². The van der Waals surface area contributed by atoms with Gasteiger partial charge in [0.15, 0.2) is 0 Å². The summed E-state index contributed by atoms with van der Waals surface area (Å²) in [4.78, 5) is 23.5. The first kappa shape index (κ1) is 20.4. The Morgan fingerprint density at radius 3 is 2.71 bits per heavy atom. The molecular formula is C22H24N8O. The van der Waals surface area contributed by atoms with Crippen LogP contribution in [-0.2, 0) is 7.05 Å². The number of aryl methyl sites for hydroxylation is 1. The van der Waals surface area contributed by atoms with Crippen LogP contribution in [0.5, 0.6) is 0 Å². The predicted octanol–water partition coefficient (Wildman–Crippen LogP) is 2.65. The first-order chi connectivity index (χ1) is 15.0. The summed E-state index contributed by atoms with van der Waals surface area (Å²) in [5.74, 6) is 0.900. The summed E-state index contributed by atoms with van der Waals surface area (Å²) < 4.78 is 1.66. The molecule has 2 N–H and O–H groups in total. The topological polar surface area (TPSA) is 101 Å². The number of fused-ring (bicyclic) bond motifs is 1. The Bertz CT molecular complexity index is 1220. The van der Waals surface area contributed by atoms with Gasteiger partial charge in [0.05, 0.1) is 6.20 Å². The molecule has 1 aromatic carbocycles. The van der Waals surface area contributed by atoms with Gasteiger partial charge in [-0.3, -0.25) is 9.48 Å². The van der Waals surface area contributed by atoms with Gasteiger partial charge in [-0.25, -0.2) is 9.97 Å². The molecular weight excluding hydrogens is 392 g/mol. The van der Waals surface area contributed by atoms with Crippen LogP contribution in [-0.4, -0.2) is 63.0 Å². The molecule has 0 saturated heterocycles. The molecule has 0 bridgehead atoms. The van der Waals surface area contributed by atoms with Crippen molar-refractivity contribution in [3.63, 3.8) is 0 Å². The van der Waals surface area contributed by atoms with Crippen LogP contribution in [0.3, 0.4) is 0 Å². The first-order valence-electron chi connectivity index (χ1n) is 9.90. The molecule has 0 aliphatic rings. The number of hydrogen-bond donors (Lipinski definition) is 2. The molecule has 9 heteroatoms. The maximum atomic E-state index is 12.7. The van der Waals surface area contributed by atoms with Crippen LogP contribution in [0.4, 0.5) is 11.6 Å². The fourth-order valence-corrected chi connectivity index (χ4v) is 3.11. The lowest BCUT2D eigenvalue weighted by atomic mass is 10.1. The van der Waals surface area contributed by atoms with E-state index < -0.39 is 0 Å². The summed E-state index contributed by atoms with van der Waals surface area (Å²) in [7, 11) is 5.84. The van der Waals surface area contributed by atoms with E-state index in [0.717, 1.165) is 35.1 Å². The second-order valence-corrected chi connectivity index (χ2v) is 7.52. The van der Waals surface area contributed by atoms with E-state index in [-0.39, 0.29) is 5.91 Å². The highest BCUT2D eigenvalue weighted by Crippen LogP contribution is 2.24. The maximum Gasteiger partial charge on any atom is 0.257 e. The third-order valence-corrected chi connectivity index (χ3v) is 4.75. The Labute approximate surface area is 180 Å². The minimum atomic E-state index is -0.241. The Kier molecular flexibility index (Phi) is 5.85. The van der Waals surface area contributed by atoms with Crippen LogP contribution in [0.25, 0.3) is 22.0 Å². The summed E-state index contributed by atoms with van der Waals surface area (Å²) in [5.41, 5.74) is 2.25. The van der Waals surface area contributed by atoms with Gasteiger partial charge in [0.25, 0.3) is 5.91 Å². The third-order valence-electron chi connectivity index (χ3n) is 4.75. The van der Waals surface area contributed by atoms with E-state index in [0.29, 0.717) is 17.2 Å². The largest absolute Gasteiger partial charge is 0.369 e. The van der Waals surface area contributed by atoms with Crippen molar-refractivity contribution in [1.82, 2.24) is 29.9 Å². The molecule has 0 fully saturated rings. The Morgan fingerprint density at radius 2 is 1.94 bits per heavy atom.